The summed E-state index contributed by atoms with van der Waals surface area (Å²) >= 11 is 0. The fourth-order valence-corrected chi connectivity index (χ4v) is 3.65. The third kappa shape index (κ3) is 4.08. The van der Waals surface area contributed by atoms with Gasteiger partial charge in [-0.2, -0.15) is 0 Å². The first kappa shape index (κ1) is 16.8. The molecule has 1 aliphatic rings. The van der Waals surface area contributed by atoms with Gasteiger partial charge in [0.2, 0.25) is 0 Å². The minimum absolute atomic E-state index is 0.730. The maximum Gasteiger partial charge on any atom is 0.193 e. The second-order valence-corrected chi connectivity index (χ2v) is 7.04. The number of aromatic amines is 1. The molecule has 130 valence electrons. The molecule has 0 aliphatic carbocycles. The third-order valence-corrected chi connectivity index (χ3v) is 4.55. The van der Waals surface area contributed by atoms with Crippen LogP contribution in [-0.4, -0.2) is 47.0 Å². The van der Waals surface area contributed by atoms with Crippen molar-refractivity contribution in [1.29, 1.82) is 0 Å². The number of aromatic nitrogens is 2. The Morgan fingerprint density at radius 3 is 2.75 bits per heavy atom. The van der Waals surface area contributed by atoms with Crippen LogP contribution in [0.5, 0.6) is 0 Å². The van der Waals surface area contributed by atoms with E-state index in [4.69, 9.17) is 4.99 Å². The summed E-state index contributed by atoms with van der Waals surface area (Å²) in [6.45, 7) is 10.7. The smallest absolute Gasteiger partial charge is 0.193 e. The van der Waals surface area contributed by atoms with E-state index in [0.29, 0.717) is 0 Å². The summed E-state index contributed by atoms with van der Waals surface area (Å²) in [5.74, 6) is 3.52. The van der Waals surface area contributed by atoms with Crippen LogP contribution in [0.1, 0.15) is 33.0 Å². The molecular weight excluding hydrogens is 298 g/mol. The van der Waals surface area contributed by atoms with Gasteiger partial charge in [0.15, 0.2) is 5.96 Å². The third-order valence-electron chi connectivity index (χ3n) is 4.55. The minimum Gasteiger partial charge on any atom is -0.357 e. The van der Waals surface area contributed by atoms with E-state index in [0.717, 1.165) is 67.3 Å². The lowest BCUT2D eigenvalue weighted by atomic mass is 9.92. The van der Waals surface area contributed by atoms with E-state index in [1.165, 1.54) is 6.42 Å². The van der Waals surface area contributed by atoms with Gasteiger partial charge in [-0.05, 0) is 37.3 Å². The van der Waals surface area contributed by atoms with Crippen LogP contribution in [-0.2, 0) is 6.42 Å². The molecule has 1 aromatic carbocycles. The lowest BCUT2D eigenvalue weighted by Crippen LogP contribution is -2.48. The monoisotopic (exact) mass is 327 g/mol. The molecule has 0 radical (unpaired) electrons. The Balaban J connectivity index is 1.65. The number of fused-ring (bicyclic) bond motifs is 1. The predicted molar refractivity (Wildman–Crippen MR) is 100 cm³/mol. The Labute approximate surface area is 144 Å². The van der Waals surface area contributed by atoms with Crippen LogP contribution in [0.25, 0.3) is 11.0 Å². The average molecular weight is 327 g/mol. The molecule has 2 unspecified atom stereocenters. The molecule has 2 atom stereocenters. The van der Waals surface area contributed by atoms with Crippen molar-refractivity contribution < 1.29 is 0 Å². The fourth-order valence-electron chi connectivity index (χ4n) is 3.65. The van der Waals surface area contributed by atoms with Crippen molar-refractivity contribution in [2.75, 3.05) is 26.2 Å². The number of aliphatic imine (C=N–C) groups is 1. The highest BCUT2D eigenvalue weighted by atomic mass is 15.3. The number of hydrogen-bond donors (Lipinski definition) is 2. The van der Waals surface area contributed by atoms with Crippen LogP contribution in [0.15, 0.2) is 29.3 Å². The van der Waals surface area contributed by atoms with Crippen LogP contribution in [0, 0.1) is 11.8 Å². The number of imidazole rings is 1. The van der Waals surface area contributed by atoms with E-state index >= 15 is 0 Å². The number of hydrogen-bond acceptors (Lipinski definition) is 2. The standard InChI is InChI=1S/C19H29N5/c1-4-20-19(24-12-14(2)11-15(3)13-24)21-10-9-18-22-16-7-5-6-8-17(16)23-18/h5-8,14-15H,4,9-13H2,1-3H3,(H,20,21)(H,22,23). The highest BCUT2D eigenvalue weighted by Gasteiger charge is 2.23. The first-order chi connectivity index (χ1) is 11.7. The highest BCUT2D eigenvalue weighted by Crippen LogP contribution is 2.21. The Morgan fingerprint density at radius 1 is 1.29 bits per heavy atom. The van der Waals surface area contributed by atoms with Crippen molar-refractivity contribution in [2.24, 2.45) is 16.8 Å². The van der Waals surface area contributed by atoms with Crippen LogP contribution in [0.2, 0.25) is 0 Å². The Hall–Kier alpha value is -2.04. The van der Waals surface area contributed by atoms with Crippen LogP contribution < -0.4 is 5.32 Å². The first-order valence-corrected chi connectivity index (χ1v) is 9.12. The van der Waals surface area contributed by atoms with E-state index in [9.17, 15) is 0 Å². The molecule has 2 N–H and O–H groups in total. The number of H-pyrrole nitrogens is 1. The van der Waals surface area contributed by atoms with Gasteiger partial charge in [0.1, 0.15) is 5.82 Å². The summed E-state index contributed by atoms with van der Waals surface area (Å²) in [7, 11) is 0. The van der Waals surface area contributed by atoms with Gasteiger partial charge in [-0.1, -0.05) is 26.0 Å². The Bertz CT molecular complexity index is 647. The molecule has 1 saturated heterocycles. The van der Waals surface area contributed by atoms with Crippen LogP contribution in [0.3, 0.4) is 0 Å². The lowest BCUT2D eigenvalue weighted by Gasteiger charge is -2.37. The molecular formula is C19H29N5. The number of nitrogens with zero attached hydrogens (tertiary/aromatic N) is 3. The van der Waals surface area contributed by atoms with E-state index in [2.05, 4.69) is 47.0 Å². The molecule has 2 aromatic rings. The first-order valence-electron chi connectivity index (χ1n) is 9.12. The van der Waals surface area contributed by atoms with Gasteiger partial charge in [-0.3, -0.25) is 4.99 Å². The Kier molecular flexibility index (Phi) is 5.38. The number of guanidine groups is 1. The zero-order valence-electron chi connectivity index (χ0n) is 15.0. The number of likely N-dealkylation sites (tertiary alicyclic amines) is 1. The van der Waals surface area contributed by atoms with Gasteiger partial charge >= 0.3 is 0 Å². The molecule has 1 fully saturated rings. The molecule has 3 rings (SSSR count). The van der Waals surface area contributed by atoms with Gasteiger partial charge in [0, 0.05) is 32.6 Å². The maximum absolute atomic E-state index is 4.84. The van der Waals surface area contributed by atoms with Gasteiger partial charge < -0.3 is 15.2 Å². The van der Waals surface area contributed by atoms with Crippen molar-refractivity contribution in [3.8, 4) is 0 Å². The average Bonchev–Trinajstić information content (AvgIpc) is 2.96. The zero-order valence-corrected chi connectivity index (χ0v) is 15.0. The molecule has 5 nitrogen and oxygen atoms in total. The molecule has 0 bridgehead atoms. The number of nitrogens with one attached hydrogen (secondary N) is 2. The molecule has 0 spiro atoms. The molecule has 0 amide bonds. The maximum atomic E-state index is 4.84. The normalized spacial score (nSPS) is 22.1. The van der Waals surface area contributed by atoms with Gasteiger partial charge in [-0.25, -0.2) is 4.98 Å². The van der Waals surface area contributed by atoms with Gasteiger partial charge in [-0.15, -0.1) is 0 Å². The van der Waals surface area contributed by atoms with Gasteiger partial charge in [0.25, 0.3) is 0 Å². The number of rotatable bonds is 4. The molecule has 24 heavy (non-hydrogen) atoms. The summed E-state index contributed by atoms with van der Waals surface area (Å²) in [6, 6.07) is 8.16. The van der Waals surface area contributed by atoms with Crippen LogP contribution in [0.4, 0.5) is 0 Å². The highest BCUT2D eigenvalue weighted by molar-refractivity contribution is 5.80. The van der Waals surface area contributed by atoms with Crippen molar-refractivity contribution in [2.45, 2.75) is 33.6 Å². The van der Waals surface area contributed by atoms with Gasteiger partial charge in [0.05, 0.1) is 11.0 Å². The molecule has 1 aromatic heterocycles. The SMILES string of the molecule is CCNC(=NCCc1nc2ccccc2[nH]1)N1CC(C)CC(C)C1. The summed E-state index contributed by atoms with van der Waals surface area (Å²) in [5.41, 5.74) is 2.13. The van der Waals surface area contributed by atoms with E-state index < -0.39 is 0 Å². The molecule has 2 heterocycles. The Morgan fingerprint density at radius 2 is 2.04 bits per heavy atom. The second kappa shape index (κ2) is 7.69. The van der Waals surface area contributed by atoms with Crippen molar-refractivity contribution in [3.05, 3.63) is 30.1 Å². The van der Waals surface area contributed by atoms with Crippen LogP contribution >= 0.6 is 0 Å². The van der Waals surface area contributed by atoms with Crippen molar-refractivity contribution in [1.82, 2.24) is 20.2 Å². The molecule has 5 heteroatoms. The molecule has 1 aliphatic heterocycles. The number of piperidine rings is 1. The fraction of sp³-hybridized carbons (Fsp3) is 0.579. The van der Waals surface area contributed by atoms with Crippen molar-refractivity contribution in [3.63, 3.8) is 0 Å². The lowest BCUT2D eigenvalue weighted by molar-refractivity contribution is 0.208. The zero-order chi connectivity index (χ0) is 16.9. The minimum atomic E-state index is 0.730. The topological polar surface area (TPSA) is 56.3 Å². The summed E-state index contributed by atoms with van der Waals surface area (Å²) in [4.78, 5) is 15.3. The predicted octanol–water partition coefficient (Wildman–Crippen LogP) is 3.05. The van der Waals surface area contributed by atoms with Crippen molar-refractivity contribution >= 4 is 17.0 Å². The summed E-state index contributed by atoms with van der Waals surface area (Å²) < 4.78 is 0. The van der Waals surface area contributed by atoms with E-state index in [-0.39, 0.29) is 0 Å². The molecule has 0 saturated carbocycles. The number of benzene rings is 1. The number of para-hydroxylation sites is 2. The quantitative estimate of drug-likeness (QED) is 0.670. The summed E-state index contributed by atoms with van der Waals surface area (Å²) in [6.07, 6.45) is 2.15. The second-order valence-electron chi connectivity index (χ2n) is 7.04. The summed E-state index contributed by atoms with van der Waals surface area (Å²) in [5, 5.41) is 3.45. The van der Waals surface area contributed by atoms with E-state index in [1.807, 2.05) is 18.2 Å². The van der Waals surface area contributed by atoms with E-state index in [1.54, 1.807) is 0 Å². The largest absolute Gasteiger partial charge is 0.357 e.